The van der Waals surface area contributed by atoms with Crippen molar-refractivity contribution in [2.75, 3.05) is 18.5 Å². The number of benzene rings is 3. The minimum Gasteiger partial charge on any atom is -0.481 e. The van der Waals surface area contributed by atoms with Crippen LogP contribution in [0.25, 0.3) is 23.1 Å². The first-order chi connectivity index (χ1) is 20.0. The summed E-state index contributed by atoms with van der Waals surface area (Å²) in [5.41, 5.74) is 5.74. The van der Waals surface area contributed by atoms with Crippen LogP contribution in [-0.2, 0) is 22.6 Å². The van der Waals surface area contributed by atoms with Crippen LogP contribution < -0.4 is 5.32 Å². The van der Waals surface area contributed by atoms with E-state index in [-0.39, 0.29) is 0 Å². The second-order valence-electron chi connectivity index (χ2n) is 10.7. The molecule has 5 heteroatoms. The minimum absolute atomic E-state index is 0.590. The molecule has 0 spiro atoms. The molecule has 0 aliphatic rings. The Morgan fingerprint density at radius 2 is 1.71 bits per heavy atom. The number of anilines is 1. The number of pyridine rings is 1. The van der Waals surface area contributed by atoms with Crippen molar-refractivity contribution >= 4 is 34.7 Å². The van der Waals surface area contributed by atoms with Gasteiger partial charge < -0.3 is 15.2 Å². The van der Waals surface area contributed by atoms with E-state index >= 15 is 0 Å². The number of aliphatic carboxylic acids is 1. The summed E-state index contributed by atoms with van der Waals surface area (Å²) in [7, 11) is 0. The molecular weight excluding hydrogens is 508 g/mol. The molecule has 41 heavy (non-hydrogen) atoms. The molecule has 3 aromatic carbocycles. The lowest BCUT2D eigenvalue weighted by molar-refractivity contribution is -0.149. The summed E-state index contributed by atoms with van der Waals surface area (Å²) in [6.45, 7) is 5.87. The number of unbranched alkanes of at least 4 members (excludes halogenated alkanes) is 1. The molecule has 0 amide bonds. The van der Waals surface area contributed by atoms with Crippen molar-refractivity contribution in [1.29, 1.82) is 0 Å². The molecule has 0 atom stereocenters. The second kappa shape index (κ2) is 15.2. The van der Waals surface area contributed by atoms with Gasteiger partial charge >= 0.3 is 5.97 Å². The van der Waals surface area contributed by atoms with Gasteiger partial charge in [-0.2, -0.15) is 0 Å². The van der Waals surface area contributed by atoms with Gasteiger partial charge in [-0.1, -0.05) is 80.6 Å². The van der Waals surface area contributed by atoms with E-state index in [0.29, 0.717) is 32.4 Å². The van der Waals surface area contributed by atoms with Gasteiger partial charge in [0, 0.05) is 24.2 Å². The first-order valence-corrected chi connectivity index (χ1v) is 14.8. The molecule has 0 unspecified atom stereocenters. The molecule has 1 aromatic heterocycles. The summed E-state index contributed by atoms with van der Waals surface area (Å²) in [6, 6.07) is 29.2. The number of carbonyl (C=O) groups is 1. The average molecular weight is 551 g/mol. The van der Waals surface area contributed by atoms with Crippen molar-refractivity contribution in [1.82, 2.24) is 4.98 Å². The van der Waals surface area contributed by atoms with Crippen molar-refractivity contribution in [3.63, 3.8) is 0 Å². The van der Waals surface area contributed by atoms with Gasteiger partial charge in [0.05, 0.1) is 23.2 Å². The highest BCUT2D eigenvalue weighted by molar-refractivity contribution is 5.81. The number of aromatic nitrogens is 1. The number of hydrogen-bond acceptors (Lipinski definition) is 4. The third-order valence-electron chi connectivity index (χ3n) is 7.97. The second-order valence-corrected chi connectivity index (χ2v) is 10.7. The molecule has 1 heterocycles. The average Bonchev–Trinajstić information content (AvgIpc) is 3.00. The molecule has 0 radical (unpaired) electrons. The third-order valence-corrected chi connectivity index (χ3v) is 7.97. The third kappa shape index (κ3) is 8.76. The zero-order valence-corrected chi connectivity index (χ0v) is 24.3. The highest BCUT2D eigenvalue weighted by Gasteiger charge is 2.34. The van der Waals surface area contributed by atoms with E-state index < -0.39 is 11.4 Å². The quantitative estimate of drug-likeness (QED) is 0.137. The van der Waals surface area contributed by atoms with Crippen LogP contribution in [-0.4, -0.2) is 29.2 Å². The largest absolute Gasteiger partial charge is 0.481 e. The predicted molar refractivity (Wildman–Crippen MR) is 170 cm³/mol. The van der Waals surface area contributed by atoms with Crippen LogP contribution in [0.1, 0.15) is 68.3 Å². The Bertz CT molecular complexity index is 1430. The smallest absolute Gasteiger partial charge is 0.309 e. The first kappa shape index (κ1) is 30.0. The summed E-state index contributed by atoms with van der Waals surface area (Å²) >= 11 is 0. The van der Waals surface area contributed by atoms with Gasteiger partial charge in [-0.25, -0.2) is 4.98 Å². The maximum atomic E-state index is 11.8. The SMILES string of the molecule is CCC(CC)(CCNc1cccc(C=Cc2ccc3ccc(COCCCCc4ccccc4)cc3n2)c1)C(=O)O. The number of ether oxygens (including phenoxy) is 1. The predicted octanol–water partition coefficient (Wildman–Crippen LogP) is 8.64. The van der Waals surface area contributed by atoms with Crippen LogP contribution in [0.15, 0.2) is 84.9 Å². The monoisotopic (exact) mass is 550 g/mol. The van der Waals surface area contributed by atoms with Crippen LogP contribution in [0.2, 0.25) is 0 Å². The lowest BCUT2D eigenvalue weighted by atomic mass is 9.79. The fourth-order valence-corrected chi connectivity index (χ4v) is 5.12. The van der Waals surface area contributed by atoms with Crippen LogP contribution in [0.5, 0.6) is 0 Å². The maximum Gasteiger partial charge on any atom is 0.309 e. The number of carboxylic acid groups (broad SMARTS) is 1. The highest BCUT2D eigenvalue weighted by Crippen LogP contribution is 2.31. The number of nitrogens with one attached hydrogen (secondary N) is 1. The lowest BCUT2D eigenvalue weighted by Gasteiger charge is -2.26. The summed E-state index contributed by atoms with van der Waals surface area (Å²) in [5.74, 6) is -0.710. The molecule has 2 N–H and O–H groups in total. The van der Waals surface area contributed by atoms with Gasteiger partial charge in [-0.3, -0.25) is 4.79 Å². The number of carboxylic acids is 1. The van der Waals surface area contributed by atoms with E-state index in [9.17, 15) is 9.90 Å². The summed E-state index contributed by atoms with van der Waals surface area (Å²) < 4.78 is 5.95. The molecule has 0 aliphatic carbocycles. The Labute approximate surface area is 244 Å². The topological polar surface area (TPSA) is 71.5 Å². The Balaban J connectivity index is 1.29. The molecule has 0 fully saturated rings. The van der Waals surface area contributed by atoms with Gasteiger partial charge in [0.2, 0.25) is 0 Å². The van der Waals surface area contributed by atoms with Crippen LogP contribution in [0.4, 0.5) is 5.69 Å². The minimum atomic E-state index is -0.710. The summed E-state index contributed by atoms with van der Waals surface area (Å²) in [5, 5.41) is 14.2. The molecular formula is C36H42N2O3. The fourth-order valence-electron chi connectivity index (χ4n) is 5.12. The molecule has 0 bridgehead atoms. The molecule has 214 valence electrons. The van der Waals surface area contributed by atoms with Gasteiger partial charge in [-0.05, 0) is 85.6 Å². The number of hydrogen-bond donors (Lipinski definition) is 2. The van der Waals surface area contributed by atoms with E-state index in [1.165, 1.54) is 5.56 Å². The van der Waals surface area contributed by atoms with Gasteiger partial charge in [-0.15, -0.1) is 0 Å². The van der Waals surface area contributed by atoms with Crippen molar-refractivity contribution in [2.24, 2.45) is 5.41 Å². The Kier molecular flexibility index (Phi) is 11.1. The lowest BCUT2D eigenvalue weighted by Crippen LogP contribution is -2.31. The first-order valence-electron chi connectivity index (χ1n) is 14.8. The summed E-state index contributed by atoms with van der Waals surface area (Å²) in [6.07, 6.45) is 9.20. The Morgan fingerprint density at radius 3 is 2.49 bits per heavy atom. The Morgan fingerprint density at radius 1 is 0.902 bits per heavy atom. The maximum absolute atomic E-state index is 11.8. The van der Waals surface area contributed by atoms with E-state index in [2.05, 4.69) is 78.1 Å². The zero-order chi connectivity index (χ0) is 28.9. The highest BCUT2D eigenvalue weighted by atomic mass is 16.5. The number of fused-ring (bicyclic) bond motifs is 1. The molecule has 0 saturated heterocycles. The standard InChI is InChI=1S/C36H42N2O3/c1-3-36(4-2,35(39)40)22-23-37-33-15-10-14-29(25-33)17-20-32-21-19-31-18-16-30(26-34(31)38-32)27-41-24-9-8-13-28-11-6-5-7-12-28/h5-7,10-12,14-21,25-26,37H,3-4,8-9,13,22-24,27H2,1-2H3,(H,39,40). The van der Waals surface area contributed by atoms with Crippen molar-refractivity contribution in [3.8, 4) is 0 Å². The zero-order valence-electron chi connectivity index (χ0n) is 24.3. The van der Waals surface area contributed by atoms with E-state index in [1.807, 2.05) is 38.1 Å². The summed E-state index contributed by atoms with van der Waals surface area (Å²) in [4.78, 5) is 16.6. The van der Waals surface area contributed by atoms with Crippen molar-refractivity contribution < 1.29 is 14.6 Å². The van der Waals surface area contributed by atoms with Crippen LogP contribution in [0, 0.1) is 5.41 Å². The van der Waals surface area contributed by atoms with Crippen molar-refractivity contribution in [2.45, 2.75) is 59.0 Å². The van der Waals surface area contributed by atoms with Gasteiger partial charge in [0.1, 0.15) is 0 Å². The molecule has 4 rings (SSSR count). The van der Waals surface area contributed by atoms with Crippen LogP contribution in [0.3, 0.4) is 0 Å². The van der Waals surface area contributed by atoms with E-state index in [0.717, 1.165) is 59.3 Å². The van der Waals surface area contributed by atoms with Gasteiger partial charge in [0.25, 0.3) is 0 Å². The molecule has 0 aliphatic heterocycles. The van der Waals surface area contributed by atoms with E-state index in [1.54, 1.807) is 0 Å². The molecule has 4 aromatic rings. The van der Waals surface area contributed by atoms with E-state index in [4.69, 9.17) is 9.72 Å². The molecule has 0 saturated carbocycles. The normalized spacial score (nSPS) is 11.8. The number of aryl methyl sites for hydroxylation is 1. The number of rotatable bonds is 16. The fraction of sp³-hybridized carbons (Fsp3) is 0.333. The van der Waals surface area contributed by atoms with Crippen molar-refractivity contribution in [3.05, 3.63) is 107 Å². The number of nitrogens with zero attached hydrogens (tertiary/aromatic N) is 1. The molecule has 5 nitrogen and oxygen atoms in total. The van der Waals surface area contributed by atoms with Gasteiger partial charge in [0.15, 0.2) is 0 Å². The Hall–Kier alpha value is -3.96. The van der Waals surface area contributed by atoms with Crippen LogP contribution >= 0.6 is 0 Å².